The Balaban J connectivity index is 1.80. The summed E-state index contributed by atoms with van der Waals surface area (Å²) in [5.41, 5.74) is 2.64. The number of carbonyl (C=O) groups is 1. The minimum atomic E-state index is -3.61. The fraction of sp³-hybridized carbons (Fsp3) is 0.211. The van der Waals surface area contributed by atoms with Gasteiger partial charge in [-0.05, 0) is 30.2 Å². The number of hydrogen-bond acceptors (Lipinski definition) is 3. The molecule has 2 heterocycles. The monoisotopic (exact) mass is 370 g/mol. The molecule has 0 saturated carbocycles. The summed E-state index contributed by atoms with van der Waals surface area (Å²) in [5.74, 6) is -0.948. The first-order chi connectivity index (χ1) is 12.5. The number of carboxylic acids is 1. The zero-order chi connectivity index (χ0) is 18.3. The third-order valence-corrected chi connectivity index (χ3v) is 6.67. The summed E-state index contributed by atoms with van der Waals surface area (Å²) in [5, 5.41) is 10.3. The average molecular weight is 370 g/mol. The zero-order valence-electron chi connectivity index (χ0n) is 14.0. The van der Waals surface area contributed by atoms with E-state index in [-0.39, 0.29) is 18.0 Å². The number of para-hydroxylation sites is 1. The lowest BCUT2D eigenvalue weighted by Gasteiger charge is -2.27. The Kier molecular flexibility index (Phi) is 4.05. The van der Waals surface area contributed by atoms with E-state index in [0.717, 1.165) is 22.2 Å². The second-order valence-electron chi connectivity index (χ2n) is 6.32. The molecular weight excluding hydrogens is 352 g/mol. The summed E-state index contributed by atoms with van der Waals surface area (Å²) in [7, 11) is -3.61. The van der Waals surface area contributed by atoms with Crippen LogP contribution < -0.4 is 0 Å². The number of hydrogen-bond donors (Lipinski definition) is 1. The van der Waals surface area contributed by atoms with Gasteiger partial charge in [-0.1, -0.05) is 36.4 Å². The number of sulfonamides is 1. The Hall–Kier alpha value is -2.64. The molecule has 0 spiro atoms. The van der Waals surface area contributed by atoms with Crippen LogP contribution in [0.5, 0.6) is 0 Å². The number of benzene rings is 2. The predicted molar refractivity (Wildman–Crippen MR) is 97.3 cm³/mol. The predicted octanol–water partition coefficient (Wildman–Crippen LogP) is 2.47. The van der Waals surface area contributed by atoms with Crippen molar-refractivity contribution in [1.29, 1.82) is 0 Å². The van der Waals surface area contributed by atoms with Crippen LogP contribution in [0.15, 0.2) is 59.5 Å². The molecule has 0 atom stereocenters. The number of fused-ring (bicyclic) bond motifs is 3. The van der Waals surface area contributed by atoms with Gasteiger partial charge in [0.15, 0.2) is 0 Å². The molecule has 0 fully saturated rings. The molecule has 0 radical (unpaired) electrons. The van der Waals surface area contributed by atoms with E-state index in [1.54, 1.807) is 34.9 Å². The molecule has 0 unspecified atom stereocenters. The molecule has 1 N–H and O–H groups in total. The molecule has 1 aliphatic rings. The van der Waals surface area contributed by atoms with E-state index in [1.165, 1.54) is 4.31 Å². The van der Waals surface area contributed by atoms with Gasteiger partial charge in [0, 0.05) is 23.1 Å². The molecule has 1 aliphatic heterocycles. The van der Waals surface area contributed by atoms with Crippen molar-refractivity contribution in [1.82, 2.24) is 8.87 Å². The van der Waals surface area contributed by atoms with Crippen molar-refractivity contribution < 1.29 is 18.3 Å². The molecule has 0 amide bonds. The van der Waals surface area contributed by atoms with Crippen LogP contribution in [0, 0.1) is 0 Å². The van der Waals surface area contributed by atoms with Crippen LogP contribution in [0.1, 0.15) is 11.3 Å². The van der Waals surface area contributed by atoms with Crippen molar-refractivity contribution in [3.63, 3.8) is 0 Å². The van der Waals surface area contributed by atoms with Gasteiger partial charge in [0.1, 0.15) is 6.54 Å². The van der Waals surface area contributed by atoms with Gasteiger partial charge in [0.05, 0.1) is 11.4 Å². The Morgan fingerprint density at radius 1 is 1.04 bits per heavy atom. The Morgan fingerprint density at radius 2 is 1.73 bits per heavy atom. The molecular formula is C19H18N2O4S. The van der Waals surface area contributed by atoms with Gasteiger partial charge in [-0.3, -0.25) is 4.79 Å². The van der Waals surface area contributed by atoms with Crippen LogP contribution in [0.4, 0.5) is 0 Å². The highest BCUT2D eigenvalue weighted by molar-refractivity contribution is 7.89. The number of rotatable bonds is 4. The SMILES string of the molecule is O=C(O)Cn1c2c(c3ccccc31)CCN(S(=O)(=O)c1ccccc1)C2. The van der Waals surface area contributed by atoms with Gasteiger partial charge in [0.2, 0.25) is 10.0 Å². The average Bonchev–Trinajstić information content (AvgIpc) is 2.95. The van der Waals surface area contributed by atoms with E-state index in [9.17, 15) is 18.3 Å². The molecule has 7 heteroatoms. The second-order valence-corrected chi connectivity index (χ2v) is 8.26. The number of aliphatic carboxylic acids is 1. The third kappa shape index (κ3) is 2.69. The summed E-state index contributed by atoms with van der Waals surface area (Å²) in [6.07, 6.45) is 0.564. The Labute approximate surface area is 151 Å². The maximum Gasteiger partial charge on any atom is 0.323 e. The minimum Gasteiger partial charge on any atom is -0.480 e. The van der Waals surface area contributed by atoms with E-state index in [1.807, 2.05) is 24.3 Å². The maximum absolute atomic E-state index is 12.9. The smallest absolute Gasteiger partial charge is 0.323 e. The summed E-state index contributed by atoms with van der Waals surface area (Å²) in [6, 6.07) is 16.0. The van der Waals surface area contributed by atoms with Crippen molar-refractivity contribution in [2.45, 2.75) is 24.4 Å². The highest BCUT2D eigenvalue weighted by Gasteiger charge is 2.31. The van der Waals surface area contributed by atoms with Gasteiger partial charge in [-0.2, -0.15) is 4.31 Å². The lowest BCUT2D eigenvalue weighted by atomic mass is 10.0. The van der Waals surface area contributed by atoms with E-state index in [4.69, 9.17) is 0 Å². The first-order valence-corrected chi connectivity index (χ1v) is 9.78. The summed E-state index contributed by atoms with van der Waals surface area (Å²) in [4.78, 5) is 11.6. The molecule has 134 valence electrons. The van der Waals surface area contributed by atoms with E-state index < -0.39 is 16.0 Å². The lowest BCUT2D eigenvalue weighted by molar-refractivity contribution is -0.137. The van der Waals surface area contributed by atoms with Gasteiger partial charge < -0.3 is 9.67 Å². The van der Waals surface area contributed by atoms with Crippen molar-refractivity contribution in [3.8, 4) is 0 Å². The van der Waals surface area contributed by atoms with Gasteiger partial charge in [-0.25, -0.2) is 8.42 Å². The highest BCUT2D eigenvalue weighted by atomic mass is 32.2. The van der Waals surface area contributed by atoms with Crippen molar-refractivity contribution in [2.75, 3.05) is 6.54 Å². The van der Waals surface area contributed by atoms with Crippen LogP contribution in [-0.4, -0.2) is 34.9 Å². The van der Waals surface area contributed by atoms with Crippen LogP contribution in [0.3, 0.4) is 0 Å². The molecule has 0 saturated heterocycles. The topological polar surface area (TPSA) is 79.6 Å². The largest absolute Gasteiger partial charge is 0.480 e. The normalized spacial score (nSPS) is 15.1. The molecule has 4 rings (SSSR count). The number of carboxylic acid groups (broad SMARTS) is 1. The van der Waals surface area contributed by atoms with Gasteiger partial charge >= 0.3 is 5.97 Å². The molecule has 26 heavy (non-hydrogen) atoms. The van der Waals surface area contributed by atoms with Crippen molar-refractivity contribution in [2.24, 2.45) is 0 Å². The Bertz CT molecular complexity index is 1090. The number of aromatic nitrogens is 1. The van der Waals surface area contributed by atoms with E-state index in [0.29, 0.717) is 13.0 Å². The summed E-state index contributed by atoms with van der Waals surface area (Å²) >= 11 is 0. The third-order valence-electron chi connectivity index (χ3n) is 4.81. The molecule has 0 aliphatic carbocycles. The van der Waals surface area contributed by atoms with Crippen molar-refractivity contribution >= 4 is 26.9 Å². The molecule has 6 nitrogen and oxygen atoms in total. The van der Waals surface area contributed by atoms with Crippen molar-refractivity contribution in [3.05, 3.63) is 65.9 Å². The number of nitrogens with zero attached hydrogens (tertiary/aromatic N) is 2. The lowest BCUT2D eigenvalue weighted by Crippen LogP contribution is -2.36. The van der Waals surface area contributed by atoms with Gasteiger partial charge in [0.25, 0.3) is 0 Å². The fourth-order valence-electron chi connectivity index (χ4n) is 3.63. The van der Waals surface area contributed by atoms with Gasteiger partial charge in [-0.15, -0.1) is 0 Å². The molecule has 0 bridgehead atoms. The highest BCUT2D eigenvalue weighted by Crippen LogP contribution is 2.32. The quantitative estimate of drug-likeness (QED) is 0.765. The van der Waals surface area contributed by atoms with Crippen LogP contribution in [-0.2, 0) is 34.3 Å². The van der Waals surface area contributed by atoms with Crippen LogP contribution >= 0.6 is 0 Å². The van der Waals surface area contributed by atoms with Crippen LogP contribution in [0.2, 0.25) is 0 Å². The molecule has 3 aromatic rings. The first-order valence-electron chi connectivity index (χ1n) is 8.34. The molecule has 2 aromatic carbocycles. The second kappa shape index (κ2) is 6.26. The van der Waals surface area contributed by atoms with E-state index >= 15 is 0 Å². The summed E-state index contributed by atoms with van der Waals surface area (Å²) < 4.78 is 29.0. The molecule has 1 aromatic heterocycles. The maximum atomic E-state index is 12.9. The fourth-order valence-corrected chi connectivity index (χ4v) is 5.06. The van der Waals surface area contributed by atoms with Crippen LogP contribution in [0.25, 0.3) is 10.9 Å². The zero-order valence-corrected chi connectivity index (χ0v) is 14.8. The first kappa shape index (κ1) is 16.8. The summed E-state index contributed by atoms with van der Waals surface area (Å²) in [6.45, 7) is 0.370. The van der Waals surface area contributed by atoms with E-state index in [2.05, 4.69) is 0 Å². The minimum absolute atomic E-state index is 0.175. The standard InChI is InChI=1S/C19H18N2O4S/c22-19(23)13-21-17-9-5-4-8-15(17)16-10-11-20(12-18(16)21)26(24,25)14-6-2-1-3-7-14/h1-9H,10-13H2,(H,22,23). The Morgan fingerprint density at radius 3 is 2.46 bits per heavy atom.